The number of aliphatic imine (C=N–C) groups is 1. The third-order valence-electron chi connectivity index (χ3n) is 7.52. The Balaban J connectivity index is 1.42. The number of benzene rings is 3. The number of anilines is 1. The minimum Gasteiger partial charge on any atom is -0.494 e. The summed E-state index contributed by atoms with van der Waals surface area (Å²) in [5, 5.41) is 11.7. The lowest BCUT2D eigenvalue weighted by atomic mass is 10.00. The highest BCUT2D eigenvalue weighted by Gasteiger charge is 2.20. The minimum atomic E-state index is -0.419. The smallest absolute Gasteiger partial charge is 0.338 e. The number of amides is 1. The van der Waals surface area contributed by atoms with Crippen LogP contribution in [0, 0.1) is 0 Å². The van der Waals surface area contributed by atoms with Gasteiger partial charge in [0.05, 0.1) is 29.1 Å². The van der Waals surface area contributed by atoms with E-state index >= 15 is 0 Å². The second-order valence-electron chi connectivity index (χ2n) is 10.3. The lowest BCUT2D eigenvalue weighted by Crippen LogP contribution is -2.35. The average Bonchev–Trinajstić information content (AvgIpc) is 3.34. The van der Waals surface area contributed by atoms with Gasteiger partial charge in [-0.05, 0) is 69.3 Å². The van der Waals surface area contributed by atoms with Gasteiger partial charge in [0, 0.05) is 42.2 Å². The number of H-pyrrole nitrogens is 1. The number of ether oxygens (including phenoxy) is 1. The summed E-state index contributed by atoms with van der Waals surface area (Å²) in [4.78, 5) is 37.1. The molecule has 5 rings (SSSR count). The molecule has 2 heterocycles. The molecule has 0 atom stereocenters. The maximum Gasteiger partial charge on any atom is 0.338 e. The van der Waals surface area contributed by atoms with Crippen LogP contribution in [0.25, 0.3) is 10.9 Å². The predicted octanol–water partition coefficient (Wildman–Crippen LogP) is 6.06. The van der Waals surface area contributed by atoms with Crippen LogP contribution in [0.5, 0.6) is 5.88 Å². The standard InChI is InChI=1S/C33H36N4O4/c1-3-41-33(40)24-12-17-27-28(22-24)35-32(39)30(27)31(23-10-6-4-7-11-23)34-25-13-15-26(16-14-25)36(2)29(38)18-21-37-19-8-5-9-20-37/h4,6-7,10-17,22,35,39H,3,5,8-9,18-21H2,1-2H3. The maximum atomic E-state index is 12.9. The molecule has 8 nitrogen and oxygen atoms in total. The lowest BCUT2D eigenvalue weighted by Gasteiger charge is -2.27. The SMILES string of the molecule is CCOC(=O)c1ccc2c(C(=Nc3ccc(N(C)C(=O)CCN4CCCCC4)cc3)c3ccccc3)c(O)[nH]c2c1. The molecule has 1 aromatic heterocycles. The van der Waals surface area contributed by atoms with Crippen LogP contribution in [0.1, 0.15) is 54.1 Å². The zero-order valence-electron chi connectivity index (χ0n) is 23.6. The van der Waals surface area contributed by atoms with E-state index in [0.29, 0.717) is 34.5 Å². The van der Waals surface area contributed by atoms with E-state index in [1.165, 1.54) is 19.3 Å². The molecule has 1 amide bonds. The van der Waals surface area contributed by atoms with Crippen LogP contribution in [0.3, 0.4) is 0 Å². The van der Waals surface area contributed by atoms with Gasteiger partial charge < -0.3 is 24.6 Å². The van der Waals surface area contributed by atoms with Crippen LogP contribution in [0.2, 0.25) is 0 Å². The molecule has 0 unspecified atom stereocenters. The Labute approximate surface area is 240 Å². The van der Waals surface area contributed by atoms with E-state index < -0.39 is 5.97 Å². The zero-order chi connectivity index (χ0) is 28.8. The van der Waals surface area contributed by atoms with E-state index in [-0.39, 0.29) is 18.4 Å². The van der Waals surface area contributed by atoms with Gasteiger partial charge in [0.2, 0.25) is 5.91 Å². The maximum absolute atomic E-state index is 12.9. The fourth-order valence-electron chi connectivity index (χ4n) is 5.25. The molecule has 212 valence electrons. The molecular weight excluding hydrogens is 516 g/mol. The summed E-state index contributed by atoms with van der Waals surface area (Å²) in [6, 6.07) is 22.3. The molecule has 0 saturated carbocycles. The molecule has 4 aromatic rings. The summed E-state index contributed by atoms with van der Waals surface area (Å²) in [6.07, 6.45) is 4.19. The van der Waals surface area contributed by atoms with E-state index in [2.05, 4.69) is 9.88 Å². The molecule has 0 spiro atoms. The van der Waals surface area contributed by atoms with Crippen LogP contribution < -0.4 is 4.90 Å². The first-order valence-corrected chi connectivity index (χ1v) is 14.2. The third-order valence-corrected chi connectivity index (χ3v) is 7.52. The van der Waals surface area contributed by atoms with Crippen molar-refractivity contribution in [3.05, 3.63) is 89.5 Å². The number of piperidine rings is 1. The van der Waals surface area contributed by atoms with Gasteiger partial charge in [0.15, 0.2) is 5.88 Å². The van der Waals surface area contributed by atoms with Crippen LogP contribution in [0.15, 0.2) is 77.8 Å². The molecular formula is C33H36N4O4. The Bertz CT molecular complexity index is 1540. The molecule has 1 aliphatic rings. The van der Waals surface area contributed by atoms with Crippen molar-refractivity contribution in [3.8, 4) is 5.88 Å². The summed E-state index contributed by atoms with van der Waals surface area (Å²) in [5.41, 5.74) is 4.43. The van der Waals surface area contributed by atoms with Gasteiger partial charge >= 0.3 is 5.97 Å². The molecule has 1 fully saturated rings. The van der Waals surface area contributed by atoms with Crippen molar-refractivity contribution in [3.63, 3.8) is 0 Å². The van der Waals surface area contributed by atoms with Crippen LogP contribution in [0.4, 0.5) is 11.4 Å². The average molecular weight is 553 g/mol. The highest BCUT2D eigenvalue weighted by molar-refractivity contribution is 6.22. The number of aromatic nitrogens is 1. The fourth-order valence-corrected chi connectivity index (χ4v) is 5.25. The summed E-state index contributed by atoms with van der Waals surface area (Å²) >= 11 is 0. The Morgan fingerprint density at radius 2 is 1.71 bits per heavy atom. The number of carbonyl (C=O) groups is 2. The first-order valence-electron chi connectivity index (χ1n) is 14.2. The fraction of sp³-hybridized carbons (Fsp3) is 0.303. The van der Waals surface area contributed by atoms with E-state index in [1.54, 1.807) is 37.1 Å². The van der Waals surface area contributed by atoms with Gasteiger partial charge in [-0.25, -0.2) is 9.79 Å². The number of fused-ring (bicyclic) bond motifs is 1. The van der Waals surface area contributed by atoms with Crippen molar-refractivity contribution in [2.45, 2.75) is 32.6 Å². The molecule has 2 N–H and O–H groups in total. The van der Waals surface area contributed by atoms with Crippen molar-refractivity contribution in [1.82, 2.24) is 9.88 Å². The monoisotopic (exact) mass is 552 g/mol. The third kappa shape index (κ3) is 6.49. The molecule has 8 heteroatoms. The molecule has 1 aliphatic heterocycles. The number of carbonyl (C=O) groups excluding carboxylic acids is 2. The highest BCUT2D eigenvalue weighted by atomic mass is 16.5. The van der Waals surface area contributed by atoms with Gasteiger partial charge in [0.25, 0.3) is 0 Å². The zero-order valence-corrected chi connectivity index (χ0v) is 23.6. The molecule has 0 aliphatic carbocycles. The summed E-state index contributed by atoms with van der Waals surface area (Å²) in [5.74, 6) is -0.376. The normalized spacial score (nSPS) is 14.2. The highest BCUT2D eigenvalue weighted by Crippen LogP contribution is 2.32. The summed E-state index contributed by atoms with van der Waals surface area (Å²) in [7, 11) is 1.81. The van der Waals surface area contributed by atoms with Crippen LogP contribution in [-0.2, 0) is 9.53 Å². The topological polar surface area (TPSA) is 98.2 Å². The van der Waals surface area contributed by atoms with Crippen molar-refractivity contribution < 1.29 is 19.4 Å². The summed E-state index contributed by atoms with van der Waals surface area (Å²) in [6.45, 7) is 4.99. The number of hydrogen-bond donors (Lipinski definition) is 2. The lowest BCUT2D eigenvalue weighted by molar-refractivity contribution is -0.118. The quantitative estimate of drug-likeness (QED) is 0.194. The van der Waals surface area contributed by atoms with Crippen LogP contribution >= 0.6 is 0 Å². The number of rotatable bonds is 9. The van der Waals surface area contributed by atoms with Crippen molar-refractivity contribution in [1.29, 1.82) is 0 Å². The Hall–Kier alpha value is -4.43. The minimum absolute atomic E-state index is 0.0423. The number of nitrogens with one attached hydrogen (secondary N) is 1. The first-order chi connectivity index (χ1) is 19.9. The molecule has 3 aromatic carbocycles. The van der Waals surface area contributed by atoms with E-state index in [9.17, 15) is 14.7 Å². The first kappa shape index (κ1) is 28.1. The Morgan fingerprint density at radius 1 is 0.976 bits per heavy atom. The number of aromatic amines is 1. The molecule has 1 saturated heterocycles. The second kappa shape index (κ2) is 12.8. The van der Waals surface area contributed by atoms with Crippen molar-refractivity contribution in [2.75, 3.05) is 38.2 Å². The Morgan fingerprint density at radius 3 is 2.41 bits per heavy atom. The number of esters is 1. The van der Waals surface area contributed by atoms with Gasteiger partial charge in [-0.2, -0.15) is 0 Å². The second-order valence-corrected chi connectivity index (χ2v) is 10.3. The van der Waals surface area contributed by atoms with Crippen molar-refractivity contribution in [2.24, 2.45) is 4.99 Å². The van der Waals surface area contributed by atoms with E-state index in [0.717, 1.165) is 36.3 Å². The molecule has 0 bridgehead atoms. The Kier molecular flexibility index (Phi) is 8.79. The number of aromatic hydroxyl groups is 1. The van der Waals surface area contributed by atoms with E-state index in [1.807, 2.05) is 54.6 Å². The number of likely N-dealkylation sites (tertiary alicyclic amines) is 1. The predicted molar refractivity (Wildman–Crippen MR) is 162 cm³/mol. The molecule has 0 radical (unpaired) electrons. The largest absolute Gasteiger partial charge is 0.494 e. The molecule has 41 heavy (non-hydrogen) atoms. The number of hydrogen-bond acceptors (Lipinski definition) is 6. The van der Waals surface area contributed by atoms with Crippen molar-refractivity contribution >= 4 is 39.9 Å². The van der Waals surface area contributed by atoms with Crippen LogP contribution in [-0.4, -0.2) is 65.9 Å². The summed E-state index contributed by atoms with van der Waals surface area (Å²) < 4.78 is 5.13. The van der Waals surface area contributed by atoms with Gasteiger partial charge in [-0.3, -0.25) is 4.79 Å². The van der Waals surface area contributed by atoms with Gasteiger partial charge in [-0.15, -0.1) is 0 Å². The number of nitrogens with zero attached hydrogens (tertiary/aromatic N) is 3. The van der Waals surface area contributed by atoms with Gasteiger partial charge in [-0.1, -0.05) is 42.8 Å². The van der Waals surface area contributed by atoms with Gasteiger partial charge in [0.1, 0.15) is 0 Å². The van der Waals surface area contributed by atoms with E-state index in [4.69, 9.17) is 9.73 Å².